The van der Waals surface area contributed by atoms with Crippen LogP contribution in [0.1, 0.15) is 34.8 Å². The van der Waals surface area contributed by atoms with Gasteiger partial charge in [-0.25, -0.2) is 14.8 Å². The highest BCUT2D eigenvalue weighted by Gasteiger charge is 2.28. The average Bonchev–Trinajstić information content (AvgIpc) is 2.67. The molecule has 2 aromatic heterocycles. The third-order valence-electron chi connectivity index (χ3n) is 4.24. The van der Waals surface area contributed by atoms with Crippen molar-refractivity contribution in [1.29, 1.82) is 0 Å². The molecule has 0 spiro atoms. The molecule has 0 fully saturated rings. The fraction of sp³-hybridized carbons (Fsp3) is 0.389. The Labute approximate surface area is 150 Å². The molecule has 7 nitrogen and oxygen atoms in total. The van der Waals surface area contributed by atoms with E-state index in [1.165, 1.54) is 6.33 Å². The van der Waals surface area contributed by atoms with Crippen LogP contribution in [0.3, 0.4) is 0 Å². The van der Waals surface area contributed by atoms with E-state index < -0.39 is 12.6 Å². The Kier molecular flexibility index (Phi) is 5.50. The molecule has 3 rings (SSSR count). The summed E-state index contributed by atoms with van der Waals surface area (Å²) in [5.74, 6) is -0.699. The van der Waals surface area contributed by atoms with E-state index in [0.29, 0.717) is 36.3 Å². The zero-order valence-corrected chi connectivity index (χ0v) is 14.4. The van der Waals surface area contributed by atoms with Crippen molar-refractivity contribution in [3.05, 3.63) is 41.6 Å². The Bertz CT molecular complexity index is 814. The van der Waals surface area contributed by atoms with E-state index in [1.54, 1.807) is 30.4 Å². The van der Waals surface area contributed by atoms with Crippen LogP contribution in [0.5, 0.6) is 0 Å². The maximum atomic E-state index is 12.6. The van der Waals surface area contributed by atoms with Crippen LogP contribution in [0.25, 0.3) is 11.3 Å². The molecule has 1 amide bonds. The van der Waals surface area contributed by atoms with Crippen molar-refractivity contribution < 1.29 is 18.7 Å². The molecule has 0 aliphatic carbocycles. The molecule has 8 heteroatoms. The molecule has 0 bridgehead atoms. The largest absolute Gasteiger partial charge is 0.462 e. The molecule has 0 saturated carbocycles. The summed E-state index contributed by atoms with van der Waals surface area (Å²) >= 11 is 0. The van der Waals surface area contributed by atoms with Crippen LogP contribution in [-0.2, 0) is 22.5 Å². The Morgan fingerprint density at radius 2 is 2.04 bits per heavy atom. The van der Waals surface area contributed by atoms with Crippen molar-refractivity contribution in [3.8, 4) is 11.3 Å². The number of aromatic nitrogens is 3. The maximum Gasteiger partial charge on any atom is 0.340 e. The lowest BCUT2D eigenvalue weighted by atomic mass is 9.93. The first kappa shape index (κ1) is 17.9. The van der Waals surface area contributed by atoms with Gasteiger partial charge < -0.3 is 9.64 Å². The van der Waals surface area contributed by atoms with E-state index in [2.05, 4.69) is 15.0 Å². The van der Waals surface area contributed by atoms with Crippen LogP contribution < -0.4 is 0 Å². The molecule has 136 valence electrons. The summed E-state index contributed by atoms with van der Waals surface area (Å²) in [6.45, 7) is 2.03. The SMILES string of the molecule is CCOC(=O)c1c(-c2cncnc2)ncc2c1CCN(C(=O)CCF)C2. The van der Waals surface area contributed by atoms with E-state index >= 15 is 0 Å². The number of nitrogens with zero attached hydrogens (tertiary/aromatic N) is 4. The summed E-state index contributed by atoms with van der Waals surface area (Å²) < 4.78 is 17.7. The van der Waals surface area contributed by atoms with Crippen LogP contribution in [0.4, 0.5) is 4.39 Å². The monoisotopic (exact) mass is 358 g/mol. The Balaban J connectivity index is 2.03. The molecule has 2 aromatic rings. The summed E-state index contributed by atoms with van der Waals surface area (Å²) in [5, 5.41) is 0. The number of alkyl halides is 1. The van der Waals surface area contributed by atoms with Gasteiger partial charge in [0.2, 0.25) is 5.91 Å². The van der Waals surface area contributed by atoms with Gasteiger partial charge in [-0.15, -0.1) is 0 Å². The summed E-state index contributed by atoms with van der Waals surface area (Å²) in [7, 11) is 0. The molecule has 0 saturated heterocycles. The zero-order chi connectivity index (χ0) is 18.5. The highest BCUT2D eigenvalue weighted by molar-refractivity contribution is 5.98. The van der Waals surface area contributed by atoms with Gasteiger partial charge in [-0.3, -0.25) is 14.2 Å². The third kappa shape index (κ3) is 3.54. The van der Waals surface area contributed by atoms with Crippen molar-refractivity contribution in [1.82, 2.24) is 19.9 Å². The summed E-state index contributed by atoms with van der Waals surface area (Å²) in [5.41, 5.74) is 3.05. The topological polar surface area (TPSA) is 85.3 Å². The molecule has 0 unspecified atom stereocenters. The quantitative estimate of drug-likeness (QED) is 0.760. The number of esters is 1. The lowest BCUT2D eigenvalue weighted by Gasteiger charge is -2.30. The number of carbonyl (C=O) groups is 2. The predicted octanol–water partition coefficient (Wildman–Crippen LogP) is 1.96. The minimum atomic E-state index is -0.679. The van der Waals surface area contributed by atoms with Gasteiger partial charge >= 0.3 is 5.97 Å². The number of rotatable bonds is 5. The van der Waals surface area contributed by atoms with Crippen LogP contribution in [0.15, 0.2) is 24.9 Å². The Hall–Kier alpha value is -2.90. The molecule has 0 radical (unpaired) electrons. The Morgan fingerprint density at radius 1 is 1.27 bits per heavy atom. The number of pyridine rings is 1. The van der Waals surface area contributed by atoms with Crippen LogP contribution in [0.2, 0.25) is 0 Å². The summed E-state index contributed by atoms with van der Waals surface area (Å²) in [4.78, 5) is 38.5. The van der Waals surface area contributed by atoms with E-state index in [0.717, 1.165) is 11.1 Å². The van der Waals surface area contributed by atoms with E-state index in [9.17, 15) is 14.0 Å². The second kappa shape index (κ2) is 7.99. The number of fused-ring (bicyclic) bond motifs is 1. The third-order valence-corrected chi connectivity index (χ3v) is 4.24. The molecule has 3 heterocycles. The number of ether oxygens (including phenoxy) is 1. The molecule has 1 aliphatic rings. The fourth-order valence-corrected chi connectivity index (χ4v) is 3.06. The predicted molar refractivity (Wildman–Crippen MR) is 90.9 cm³/mol. The number of amides is 1. The second-order valence-corrected chi connectivity index (χ2v) is 5.84. The lowest BCUT2D eigenvalue weighted by Crippen LogP contribution is -2.37. The normalized spacial score (nSPS) is 13.2. The van der Waals surface area contributed by atoms with Gasteiger partial charge in [0.1, 0.15) is 6.33 Å². The van der Waals surface area contributed by atoms with Gasteiger partial charge in [-0.05, 0) is 24.5 Å². The first-order chi connectivity index (χ1) is 12.7. The maximum absolute atomic E-state index is 12.6. The first-order valence-electron chi connectivity index (χ1n) is 8.42. The molecular weight excluding hydrogens is 339 g/mol. The van der Waals surface area contributed by atoms with Gasteiger partial charge in [0.15, 0.2) is 0 Å². The van der Waals surface area contributed by atoms with Crippen LogP contribution in [-0.4, -0.2) is 51.6 Å². The standard InChI is InChI=1S/C18H19FN4O3/c1-2-26-18(25)16-14-4-6-23(15(24)3-5-19)10-13(14)9-22-17(16)12-7-20-11-21-8-12/h7-9,11H,2-6,10H2,1H3. The Morgan fingerprint density at radius 3 is 2.73 bits per heavy atom. The summed E-state index contributed by atoms with van der Waals surface area (Å²) in [6.07, 6.45) is 6.57. The number of hydrogen-bond donors (Lipinski definition) is 0. The van der Waals surface area contributed by atoms with Gasteiger partial charge in [0.05, 0.1) is 31.0 Å². The second-order valence-electron chi connectivity index (χ2n) is 5.84. The van der Waals surface area contributed by atoms with Crippen LogP contribution >= 0.6 is 0 Å². The average molecular weight is 358 g/mol. The number of hydrogen-bond acceptors (Lipinski definition) is 6. The smallest absolute Gasteiger partial charge is 0.340 e. The van der Waals surface area contributed by atoms with Crippen molar-refractivity contribution in [3.63, 3.8) is 0 Å². The molecule has 26 heavy (non-hydrogen) atoms. The van der Waals surface area contributed by atoms with Gasteiger partial charge in [0.25, 0.3) is 0 Å². The molecule has 0 atom stereocenters. The fourth-order valence-electron chi connectivity index (χ4n) is 3.06. The first-order valence-corrected chi connectivity index (χ1v) is 8.42. The van der Waals surface area contributed by atoms with Crippen molar-refractivity contribution in [2.24, 2.45) is 0 Å². The van der Waals surface area contributed by atoms with Crippen molar-refractivity contribution in [2.75, 3.05) is 19.8 Å². The van der Waals surface area contributed by atoms with E-state index in [1.807, 2.05) is 0 Å². The molecular formula is C18H19FN4O3. The number of halogens is 1. The van der Waals surface area contributed by atoms with Crippen LogP contribution in [0, 0.1) is 0 Å². The lowest BCUT2D eigenvalue weighted by molar-refractivity contribution is -0.132. The van der Waals surface area contributed by atoms with Crippen molar-refractivity contribution >= 4 is 11.9 Å². The summed E-state index contributed by atoms with van der Waals surface area (Å²) in [6, 6.07) is 0. The molecule has 0 N–H and O–H groups in total. The highest BCUT2D eigenvalue weighted by Crippen LogP contribution is 2.30. The minimum Gasteiger partial charge on any atom is -0.462 e. The molecule has 0 aromatic carbocycles. The zero-order valence-electron chi connectivity index (χ0n) is 14.4. The van der Waals surface area contributed by atoms with E-state index in [4.69, 9.17) is 4.74 Å². The van der Waals surface area contributed by atoms with E-state index in [-0.39, 0.29) is 18.9 Å². The molecule has 1 aliphatic heterocycles. The van der Waals surface area contributed by atoms with Crippen molar-refractivity contribution in [2.45, 2.75) is 26.3 Å². The minimum absolute atomic E-state index is 0.132. The van der Waals surface area contributed by atoms with Gasteiger partial charge in [0, 0.05) is 37.2 Å². The number of carbonyl (C=O) groups excluding carboxylic acids is 2. The van der Waals surface area contributed by atoms with Gasteiger partial charge in [-0.2, -0.15) is 0 Å². The highest BCUT2D eigenvalue weighted by atomic mass is 19.1. The van der Waals surface area contributed by atoms with Gasteiger partial charge in [-0.1, -0.05) is 0 Å².